The highest BCUT2D eigenvalue weighted by Gasteiger charge is 2.24. The Labute approximate surface area is 104 Å². The SMILES string of the molecule is NNc1ncc(Cl)c(N2CCS(=O)(=O)CC2)n1. The van der Waals surface area contributed by atoms with E-state index >= 15 is 0 Å². The van der Waals surface area contributed by atoms with Crippen LogP contribution in [0, 0.1) is 0 Å². The minimum atomic E-state index is -2.92. The van der Waals surface area contributed by atoms with Crippen LogP contribution < -0.4 is 16.2 Å². The molecule has 7 nitrogen and oxygen atoms in total. The number of nitrogens with one attached hydrogen (secondary N) is 1. The van der Waals surface area contributed by atoms with E-state index in [4.69, 9.17) is 17.4 Å². The van der Waals surface area contributed by atoms with Gasteiger partial charge in [0.1, 0.15) is 5.02 Å². The maximum absolute atomic E-state index is 11.3. The lowest BCUT2D eigenvalue weighted by Crippen LogP contribution is -2.41. The van der Waals surface area contributed by atoms with E-state index in [1.165, 1.54) is 6.20 Å². The number of nitrogen functional groups attached to an aromatic ring is 1. The molecule has 1 saturated heterocycles. The third kappa shape index (κ3) is 2.76. The molecule has 0 bridgehead atoms. The number of sulfone groups is 1. The molecule has 0 unspecified atom stereocenters. The molecule has 9 heteroatoms. The molecule has 0 aromatic carbocycles. The number of aromatic nitrogens is 2. The number of rotatable bonds is 2. The molecule has 3 N–H and O–H groups in total. The van der Waals surface area contributed by atoms with Gasteiger partial charge in [-0.25, -0.2) is 19.2 Å². The minimum absolute atomic E-state index is 0.110. The predicted molar refractivity (Wildman–Crippen MR) is 65.7 cm³/mol. The number of nitrogens with two attached hydrogens (primary N) is 1. The fourth-order valence-corrected chi connectivity index (χ4v) is 2.99. The molecule has 0 atom stereocenters. The Balaban J connectivity index is 2.23. The molecule has 1 aliphatic rings. The second-order valence-corrected chi connectivity index (χ2v) is 6.36. The molecule has 1 aliphatic heterocycles. The van der Waals surface area contributed by atoms with Crippen LogP contribution in [0.2, 0.25) is 5.02 Å². The van der Waals surface area contributed by atoms with Crippen molar-refractivity contribution in [2.75, 3.05) is 34.9 Å². The molecule has 1 aromatic heterocycles. The highest BCUT2D eigenvalue weighted by molar-refractivity contribution is 7.91. The molecule has 0 saturated carbocycles. The van der Waals surface area contributed by atoms with Crippen LogP contribution in [0.3, 0.4) is 0 Å². The average Bonchev–Trinajstić information content (AvgIpc) is 2.30. The molecular formula is C8H12ClN5O2S. The summed E-state index contributed by atoms with van der Waals surface area (Å²) in [6.45, 7) is 0.756. The Hall–Kier alpha value is -1.12. The van der Waals surface area contributed by atoms with Gasteiger partial charge in [0.2, 0.25) is 5.95 Å². The molecular weight excluding hydrogens is 266 g/mol. The zero-order chi connectivity index (χ0) is 12.5. The second-order valence-electron chi connectivity index (χ2n) is 3.65. The van der Waals surface area contributed by atoms with E-state index < -0.39 is 9.84 Å². The monoisotopic (exact) mass is 277 g/mol. The van der Waals surface area contributed by atoms with E-state index in [2.05, 4.69) is 15.4 Å². The van der Waals surface area contributed by atoms with Crippen LogP contribution in [0.25, 0.3) is 0 Å². The lowest BCUT2D eigenvalue weighted by atomic mass is 10.4. The van der Waals surface area contributed by atoms with Crippen LogP contribution in [0.5, 0.6) is 0 Å². The van der Waals surface area contributed by atoms with Gasteiger partial charge >= 0.3 is 0 Å². The van der Waals surface area contributed by atoms with Gasteiger partial charge in [0.25, 0.3) is 0 Å². The molecule has 2 rings (SSSR count). The molecule has 0 aliphatic carbocycles. The van der Waals surface area contributed by atoms with Crippen LogP contribution in [0.1, 0.15) is 0 Å². The van der Waals surface area contributed by atoms with E-state index in [9.17, 15) is 8.42 Å². The summed E-state index contributed by atoms with van der Waals surface area (Å²) in [6, 6.07) is 0. The van der Waals surface area contributed by atoms with Gasteiger partial charge in [-0.3, -0.25) is 5.43 Å². The van der Waals surface area contributed by atoms with Gasteiger partial charge < -0.3 is 4.90 Å². The van der Waals surface area contributed by atoms with E-state index in [0.717, 1.165) is 0 Å². The summed E-state index contributed by atoms with van der Waals surface area (Å²) in [7, 11) is -2.92. The highest BCUT2D eigenvalue weighted by Crippen LogP contribution is 2.24. The van der Waals surface area contributed by atoms with E-state index in [1.807, 2.05) is 4.90 Å². The van der Waals surface area contributed by atoms with E-state index in [-0.39, 0.29) is 17.5 Å². The zero-order valence-electron chi connectivity index (χ0n) is 8.93. The standard InChI is InChI=1S/C8H12ClN5O2S/c9-6-5-11-8(13-10)12-7(6)14-1-3-17(15,16)4-2-14/h5H,1-4,10H2,(H,11,12,13). The number of hydrazine groups is 1. The number of nitrogens with zero attached hydrogens (tertiary/aromatic N) is 3. The Morgan fingerprint density at radius 2 is 2.06 bits per heavy atom. The normalized spacial score (nSPS) is 19.1. The average molecular weight is 278 g/mol. The molecule has 0 spiro atoms. The lowest BCUT2D eigenvalue weighted by Gasteiger charge is -2.28. The van der Waals surface area contributed by atoms with Gasteiger partial charge in [-0.2, -0.15) is 4.98 Å². The summed E-state index contributed by atoms with van der Waals surface area (Å²) in [4.78, 5) is 9.78. The number of anilines is 2. The Kier molecular flexibility index (Phi) is 3.36. The minimum Gasteiger partial charge on any atom is -0.353 e. The fourth-order valence-electron chi connectivity index (χ4n) is 1.57. The Bertz CT molecular complexity index is 507. The third-order valence-electron chi connectivity index (χ3n) is 2.50. The first kappa shape index (κ1) is 12.3. The van der Waals surface area contributed by atoms with Gasteiger partial charge in [0.15, 0.2) is 15.7 Å². The van der Waals surface area contributed by atoms with Crippen LogP contribution >= 0.6 is 11.6 Å². The van der Waals surface area contributed by atoms with E-state index in [0.29, 0.717) is 23.9 Å². The molecule has 0 amide bonds. The van der Waals surface area contributed by atoms with Crippen LogP contribution in [0.15, 0.2) is 6.20 Å². The molecule has 94 valence electrons. The van der Waals surface area contributed by atoms with Crippen molar-refractivity contribution in [3.63, 3.8) is 0 Å². The van der Waals surface area contributed by atoms with E-state index in [1.54, 1.807) is 0 Å². The first-order valence-electron chi connectivity index (χ1n) is 4.96. The molecule has 1 aromatic rings. The second kappa shape index (κ2) is 4.63. The third-order valence-corrected chi connectivity index (χ3v) is 4.37. The van der Waals surface area contributed by atoms with Gasteiger partial charge in [-0.15, -0.1) is 0 Å². The van der Waals surface area contributed by atoms with Gasteiger partial charge in [0.05, 0.1) is 17.7 Å². The van der Waals surface area contributed by atoms with Crippen molar-refractivity contribution >= 4 is 33.2 Å². The number of hydrogen-bond acceptors (Lipinski definition) is 7. The van der Waals surface area contributed by atoms with Crippen molar-refractivity contribution in [1.82, 2.24) is 9.97 Å². The number of halogens is 1. The highest BCUT2D eigenvalue weighted by atomic mass is 35.5. The summed E-state index contributed by atoms with van der Waals surface area (Å²) >= 11 is 5.97. The fraction of sp³-hybridized carbons (Fsp3) is 0.500. The van der Waals surface area contributed by atoms with Crippen molar-refractivity contribution < 1.29 is 8.42 Å². The molecule has 2 heterocycles. The Morgan fingerprint density at radius 1 is 1.41 bits per heavy atom. The molecule has 17 heavy (non-hydrogen) atoms. The predicted octanol–water partition coefficient (Wildman–Crippen LogP) is -0.350. The van der Waals surface area contributed by atoms with Crippen LogP contribution in [-0.2, 0) is 9.84 Å². The maximum Gasteiger partial charge on any atom is 0.239 e. The lowest BCUT2D eigenvalue weighted by molar-refractivity contribution is 0.586. The smallest absolute Gasteiger partial charge is 0.239 e. The van der Waals surface area contributed by atoms with Crippen molar-refractivity contribution in [1.29, 1.82) is 0 Å². The van der Waals surface area contributed by atoms with Crippen LogP contribution in [-0.4, -0.2) is 43.0 Å². The van der Waals surface area contributed by atoms with Crippen molar-refractivity contribution in [2.45, 2.75) is 0 Å². The zero-order valence-corrected chi connectivity index (χ0v) is 10.5. The number of hydrogen-bond donors (Lipinski definition) is 2. The quantitative estimate of drug-likeness (QED) is 0.563. The maximum atomic E-state index is 11.3. The summed E-state index contributed by atoms with van der Waals surface area (Å²) in [5.74, 6) is 6.18. The first-order chi connectivity index (χ1) is 8.02. The molecule has 0 radical (unpaired) electrons. The first-order valence-corrected chi connectivity index (χ1v) is 7.16. The topological polar surface area (TPSA) is 101 Å². The van der Waals surface area contributed by atoms with Crippen LogP contribution in [0.4, 0.5) is 11.8 Å². The van der Waals surface area contributed by atoms with Gasteiger partial charge in [-0.1, -0.05) is 11.6 Å². The van der Waals surface area contributed by atoms with Crippen molar-refractivity contribution in [3.05, 3.63) is 11.2 Å². The van der Waals surface area contributed by atoms with Crippen molar-refractivity contribution in [2.24, 2.45) is 5.84 Å². The Morgan fingerprint density at radius 3 is 2.65 bits per heavy atom. The summed E-state index contributed by atoms with van der Waals surface area (Å²) < 4.78 is 22.6. The summed E-state index contributed by atoms with van der Waals surface area (Å²) in [6.07, 6.45) is 1.43. The van der Waals surface area contributed by atoms with Gasteiger partial charge in [0, 0.05) is 13.1 Å². The summed E-state index contributed by atoms with van der Waals surface area (Å²) in [5.41, 5.74) is 2.32. The largest absolute Gasteiger partial charge is 0.353 e. The van der Waals surface area contributed by atoms with Crippen molar-refractivity contribution in [3.8, 4) is 0 Å². The van der Waals surface area contributed by atoms with Gasteiger partial charge in [-0.05, 0) is 0 Å². The molecule has 1 fully saturated rings. The summed E-state index contributed by atoms with van der Waals surface area (Å²) in [5, 5.41) is 0.378.